The van der Waals surface area contributed by atoms with Gasteiger partial charge in [-0.2, -0.15) is 0 Å². The SMILES string of the molecule is COC(=O)c1ccc(COc2ccc([C@@H]3NC(=S)NC(C)=C3C(=O)OCC(C)C)cc2OC)cc1. The molecule has 1 aliphatic rings. The van der Waals surface area contributed by atoms with Gasteiger partial charge in [0.25, 0.3) is 0 Å². The Balaban J connectivity index is 1.80. The highest BCUT2D eigenvalue weighted by atomic mass is 32.1. The number of allylic oxidation sites excluding steroid dienone is 1. The van der Waals surface area contributed by atoms with Gasteiger partial charge < -0.3 is 29.6 Å². The molecule has 0 amide bonds. The Hall–Kier alpha value is -3.59. The van der Waals surface area contributed by atoms with Gasteiger partial charge in [-0.25, -0.2) is 9.59 Å². The molecular weight excluding hydrogens is 468 g/mol. The molecule has 2 aromatic rings. The van der Waals surface area contributed by atoms with Crippen molar-refractivity contribution < 1.29 is 28.5 Å². The number of benzene rings is 2. The Bertz CT molecular complexity index is 1130. The highest BCUT2D eigenvalue weighted by molar-refractivity contribution is 7.80. The Morgan fingerprint density at radius 3 is 2.37 bits per heavy atom. The Labute approximate surface area is 210 Å². The third-order valence-electron chi connectivity index (χ3n) is 5.33. The second-order valence-corrected chi connectivity index (χ2v) is 8.86. The lowest BCUT2D eigenvalue weighted by Crippen LogP contribution is -2.45. The van der Waals surface area contributed by atoms with Crippen LogP contribution in [0.25, 0.3) is 0 Å². The fourth-order valence-electron chi connectivity index (χ4n) is 3.53. The van der Waals surface area contributed by atoms with Gasteiger partial charge >= 0.3 is 11.9 Å². The quantitative estimate of drug-likeness (QED) is 0.392. The van der Waals surface area contributed by atoms with Crippen molar-refractivity contribution in [2.24, 2.45) is 5.92 Å². The first kappa shape index (κ1) is 26.0. The summed E-state index contributed by atoms with van der Waals surface area (Å²) in [6.45, 7) is 6.36. The predicted octanol–water partition coefficient (Wildman–Crippen LogP) is 4.05. The fourth-order valence-corrected chi connectivity index (χ4v) is 3.80. The van der Waals surface area contributed by atoms with E-state index in [2.05, 4.69) is 10.6 Å². The second kappa shape index (κ2) is 11.7. The van der Waals surface area contributed by atoms with Crippen LogP contribution in [0.15, 0.2) is 53.7 Å². The van der Waals surface area contributed by atoms with Gasteiger partial charge in [-0.15, -0.1) is 0 Å². The van der Waals surface area contributed by atoms with Crippen LogP contribution >= 0.6 is 12.2 Å². The van der Waals surface area contributed by atoms with Crippen molar-refractivity contribution in [1.82, 2.24) is 10.6 Å². The maximum absolute atomic E-state index is 12.9. The average Bonchev–Trinajstić information content (AvgIpc) is 2.85. The summed E-state index contributed by atoms with van der Waals surface area (Å²) in [4.78, 5) is 24.5. The minimum Gasteiger partial charge on any atom is -0.493 e. The third kappa shape index (κ3) is 6.51. The number of hydrogen-bond acceptors (Lipinski definition) is 7. The summed E-state index contributed by atoms with van der Waals surface area (Å²) in [5, 5.41) is 6.58. The summed E-state index contributed by atoms with van der Waals surface area (Å²) in [5.74, 6) is 0.467. The number of rotatable bonds is 9. The van der Waals surface area contributed by atoms with Crippen molar-refractivity contribution in [1.29, 1.82) is 0 Å². The zero-order chi connectivity index (χ0) is 25.5. The summed E-state index contributed by atoms with van der Waals surface area (Å²) in [7, 11) is 2.90. The van der Waals surface area contributed by atoms with Gasteiger partial charge in [0.1, 0.15) is 6.61 Å². The molecule has 2 aromatic carbocycles. The molecule has 8 nitrogen and oxygen atoms in total. The van der Waals surface area contributed by atoms with Crippen LogP contribution in [0.1, 0.15) is 48.3 Å². The third-order valence-corrected chi connectivity index (χ3v) is 5.55. The Morgan fingerprint density at radius 2 is 1.74 bits per heavy atom. The van der Waals surface area contributed by atoms with E-state index in [1.165, 1.54) is 7.11 Å². The monoisotopic (exact) mass is 498 g/mol. The van der Waals surface area contributed by atoms with Gasteiger partial charge in [-0.05, 0) is 60.5 Å². The molecule has 35 heavy (non-hydrogen) atoms. The normalized spacial score (nSPS) is 15.3. The molecule has 0 saturated carbocycles. The molecule has 3 rings (SSSR count). The number of esters is 2. The molecule has 1 heterocycles. The molecule has 0 fully saturated rings. The molecule has 186 valence electrons. The minimum absolute atomic E-state index is 0.220. The van der Waals surface area contributed by atoms with Gasteiger partial charge in [-0.3, -0.25) is 0 Å². The van der Waals surface area contributed by atoms with Crippen LogP contribution in [0, 0.1) is 5.92 Å². The second-order valence-electron chi connectivity index (χ2n) is 8.45. The smallest absolute Gasteiger partial charge is 0.338 e. The highest BCUT2D eigenvalue weighted by Crippen LogP contribution is 2.35. The van der Waals surface area contributed by atoms with Crippen LogP contribution in [-0.2, 0) is 20.9 Å². The van der Waals surface area contributed by atoms with E-state index in [0.29, 0.717) is 40.1 Å². The van der Waals surface area contributed by atoms with Crippen molar-refractivity contribution in [2.45, 2.75) is 33.4 Å². The maximum Gasteiger partial charge on any atom is 0.338 e. The van der Waals surface area contributed by atoms with Crippen molar-refractivity contribution >= 4 is 29.3 Å². The topological polar surface area (TPSA) is 95.1 Å². The van der Waals surface area contributed by atoms with Crippen LogP contribution in [0.5, 0.6) is 11.5 Å². The van der Waals surface area contributed by atoms with Crippen molar-refractivity contribution in [3.8, 4) is 11.5 Å². The lowest BCUT2D eigenvalue weighted by molar-refractivity contribution is -0.140. The standard InChI is InChI=1S/C26H30N2O6S/c1-15(2)13-34-25(30)22-16(3)27-26(35)28-23(22)19-10-11-20(21(12-19)31-4)33-14-17-6-8-18(9-7-17)24(29)32-5/h6-12,15,23H,13-14H2,1-5H3,(H2,27,28,35)/t23-/m0/s1. The van der Waals surface area contributed by atoms with Crippen LogP contribution in [-0.4, -0.2) is 37.9 Å². The molecule has 0 unspecified atom stereocenters. The lowest BCUT2D eigenvalue weighted by atomic mass is 9.95. The van der Waals surface area contributed by atoms with E-state index in [1.54, 1.807) is 44.4 Å². The average molecular weight is 499 g/mol. The van der Waals surface area contributed by atoms with E-state index in [4.69, 9.17) is 31.2 Å². The summed E-state index contributed by atoms with van der Waals surface area (Å²) < 4.78 is 21.7. The van der Waals surface area contributed by atoms with Crippen molar-refractivity contribution in [2.75, 3.05) is 20.8 Å². The summed E-state index contributed by atoms with van der Waals surface area (Å²) in [6, 6.07) is 11.9. The van der Waals surface area contributed by atoms with Gasteiger partial charge in [0, 0.05) is 5.70 Å². The first-order valence-electron chi connectivity index (χ1n) is 11.2. The number of carbonyl (C=O) groups is 2. The van der Waals surface area contributed by atoms with Gasteiger partial charge in [0.15, 0.2) is 16.6 Å². The maximum atomic E-state index is 12.9. The molecule has 0 radical (unpaired) electrons. The summed E-state index contributed by atoms with van der Waals surface area (Å²) in [6.07, 6.45) is 0. The molecule has 1 aliphatic heterocycles. The number of thiocarbonyl (C=S) groups is 1. The predicted molar refractivity (Wildman–Crippen MR) is 135 cm³/mol. The zero-order valence-electron chi connectivity index (χ0n) is 20.5. The largest absolute Gasteiger partial charge is 0.493 e. The molecule has 9 heteroatoms. The molecule has 0 spiro atoms. The van der Waals surface area contributed by atoms with E-state index in [1.807, 2.05) is 26.0 Å². The van der Waals surface area contributed by atoms with E-state index in [-0.39, 0.29) is 12.5 Å². The molecular formula is C26H30N2O6S. The number of hydrogen-bond donors (Lipinski definition) is 2. The van der Waals surface area contributed by atoms with Gasteiger partial charge in [0.05, 0.1) is 38.0 Å². The van der Waals surface area contributed by atoms with Gasteiger partial charge in [0.2, 0.25) is 0 Å². The fraction of sp³-hybridized carbons (Fsp3) is 0.346. The summed E-state index contributed by atoms with van der Waals surface area (Å²) >= 11 is 5.33. The van der Waals surface area contributed by atoms with Crippen LogP contribution in [0.3, 0.4) is 0 Å². The molecule has 0 bridgehead atoms. The zero-order valence-corrected chi connectivity index (χ0v) is 21.3. The first-order valence-corrected chi connectivity index (χ1v) is 11.6. The number of ether oxygens (including phenoxy) is 4. The number of carbonyl (C=O) groups excluding carboxylic acids is 2. The van der Waals surface area contributed by atoms with E-state index < -0.39 is 18.0 Å². The van der Waals surface area contributed by atoms with Crippen molar-refractivity contribution in [3.63, 3.8) is 0 Å². The van der Waals surface area contributed by atoms with E-state index in [0.717, 1.165) is 11.1 Å². The minimum atomic E-state index is -0.503. The Morgan fingerprint density at radius 1 is 1.03 bits per heavy atom. The number of methoxy groups -OCH3 is 2. The Kier molecular flexibility index (Phi) is 8.70. The highest BCUT2D eigenvalue weighted by Gasteiger charge is 2.31. The van der Waals surface area contributed by atoms with Crippen LogP contribution in [0.2, 0.25) is 0 Å². The van der Waals surface area contributed by atoms with Crippen LogP contribution < -0.4 is 20.1 Å². The lowest BCUT2D eigenvalue weighted by Gasteiger charge is -2.30. The molecule has 0 aromatic heterocycles. The number of nitrogens with one attached hydrogen (secondary N) is 2. The summed E-state index contributed by atoms with van der Waals surface area (Å²) in [5.41, 5.74) is 3.22. The molecule has 1 atom stereocenters. The first-order chi connectivity index (χ1) is 16.7. The van der Waals surface area contributed by atoms with E-state index in [9.17, 15) is 9.59 Å². The van der Waals surface area contributed by atoms with Gasteiger partial charge in [-0.1, -0.05) is 32.0 Å². The van der Waals surface area contributed by atoms with Crippen molar-refractivity contribution in [3.05, 3.63) is 70.4 Å². The molecule has 0 saturated heterocycles. The van der Waals surface area contributed by atoms with Crippen LogP contribution in [0.4, 0.5) is 0 Å². The molecule has 0 aliphatic carbocycles. The van der Waals surface area contributed by atoms with E-state index >= 15 is 0 Å². The molecule has 2 N–H and O–H groups in total.